The summed E-state index contributed by atoms with van der Waals surface area (Å²) in [5, 5.41) is 4.77. The minimum Gasteiger partial charge on any atom is -0.497 e. The van der Waals surface area contributed by atoms with E-state index in [2.05, 4.69) is 5.32 Å². The van der Waals surface area contributed by atoms with E-state index in [-0.39, 0.29) is 18.3 Å². The molecule has 1 atom stereocenters. The van der Waals surface area contributed by atoms with E-state index < -0.39 is 6.04 Å². The number of esters is 1. The van der Waals surface area contributed by atoms with Gasteiger partial charge >= 0.3 is 5.97 Å². The van der Waals surface area contributed by atoms with Crippen molar-refractivity contribution in [3.8, 4) is 5.75 Å². The van der Waals surface area contributed by atoms with Crippen molar-refractivity contribution in [1.82, 2.24) is 5.32 Å². The van der Waals surface area contributed by atoms with Gasteiger partial charge in [-0.2, -0.15) is 0 Å². The van der Waals surface area contributed by atoms with E-state index in [0.29, 0.717) is 11.3 Å². The second-order valence-corrected chi connectivity index (χ2v) is 5.53. The Kier molecular flexibility index (Phi) is 5.55. The highest BCUT2D eigenvalue weighted by Crippen LogP contribution is 2.23. The summed E-state index contributed by atoms with van der Waals surface area (Å²) in [5.41, 5.74) is 0.478. The number of hydrogen-bond acceptors (Lipinski definition) is 5. The number of ether oxygens (including phenoxy) is 2. The van der Waals surface area contributed by atoms with Gasteiger partial charge in [-0.3, -0.25) is 9.59 Å². The van der Waals surface area contributed by atoms with Crippen LogP contribution in [0.2, 0.25) is 0 Å². The number of hydrogen-bond donors (Lipinski definition) is 1. The van der Waals surface area contributed by atoms with E-state index in [9.17, 15) is 9.59 Å². The summed E-state index contributed by atoms with van der Waals surface area (Å²) in [6.07, 6.45) is 0.0900. The van der Waals surface area contributed by atoms with Crippen molar-refractivity contribution in [1.29, 1.82) is 0 Å². The highest BCUT2D eigenvalue weighted by molar-refractivity contribution is 7.10. The first kappa shape index (κ1) is 16.0. The van der Waals surface area contributed by atoms with Crippen LogP contribution in [0, 0.1) is 0 Å². The van der Waals surface area contributed by atoms with Crippen LogP contribution in [0.3, 0.4) is 0 Å². The standard InChI is InChI=1S/C16H17NO4S/c1-20-12-6-3-5-11(9-12)16(19)17-13(10-15(18)21-2)14-7-4-8-22-14/h3-9,13H,10H2,1-2H3,(H,17,19). The van der Waals surface area contributed by atoms with Crippen molar-refractivity contribution in [2.75, 3.05) is 14.2 Å². The average molecular weight is 319 g/mol. The van der Waals surface area contributed by atoms with Crippen molar-refractivity contribution >= 4 is 23.2 Å². The number of rotatable bonds is 6. The topological polar surface area (TPSA) is 64.6 Å². The quantitative estimate of drug-likeness (QED) is 0.832. The lowest BCUT2D eigenvalue weighted by Crippen LogP contribution is -2.30. The molecule has 1 aromatic carbocycles. The fourth-order valence-electron chi connectivity index (χ4n) is 1.97. The highest BCUT2D eigenvalue weighted by Gasteiger charge is 2.20. The van der Waals surface area contributed by atoms with Gasteiger partial charge in [0, 0.05) is 10.4 Å². The molecule has 0 fully saturated rings. The van der Waals surface area contributed by atoms with Gasteiger partial charge in [0.05, 0.1) is 26.7 Å². The summed E-state index contributed by atoms with van der Waals surface area (Å²) >= 11 is 1.48. The Hall–Kier alpha value is -2.34. The molecule has 0 saturated carbocycles. The number of amides is 1. The number of methoxy groups -OCH3 is 2. The molecule has 0 aliphatic heterocycles. The summed E-state index contributed by atoms with van der Waals surface area (Å²) < 4.78 is 9.81. The van der Waals surface area contributed by atoms with Gasteiger partial charge in [-0.1, -0.05) is 12.1 Å². The largest absolute Gasteiger partial charge is 0.497 e. The van der Waals surface area contributed by atoms with Crippen molar-refractivity contribution in [2.24, 2.45) is 0 Å². The Bertz CT molecular complexity index is 639. The van der Waals surface area contributed by atoms with Crippen LogP contribution in [0.5, 0.6) is 5.75 Å². The predicted molar refractivity (Wildman–Crippen MR) is 84.2 cm³/mol. The van der Waals surface area contributed by atoms with Crippen LogP contribution in [-0.4, -0.2) is 26.1 Å². The first-order valence-electron chi connectivity index (χ1n) is 6.69. The third-order valence-corrected chi connectivity index (χ3v) is 4.11. The summed E-state index contributed by atoms with van der Waals surface area (Å²) in [4.78, 5) is 24.8. The number of thiophene rings is 1. The first-order valence-corrected chi connectivity index (χ1v) is 7.57. The number of carbonyl (C=O) groups is 2. The Morgan fingerprint density at radius 2 is 2.05 bits per heavy atom. The number of benzene rings is 1. The molecule has 2 rings (SSSR count). The Morgan fingerprint density at radius 1 is 1.23 bits per heavy atom. The van der Waals surface area contributed by atoms with Gasteiger partial charge in [0.15, 0.2) is 0 Å². The third-order valence-electron chi connectivity index (χ3n) is 3.12. The fraction of sp³-hybridized carbons (Fsp3) is 0.250. The van der Waals surface area contributed by atoms with Gasteiger partial charge in [-0.15, -0.1) is 11.3 Å². The molecule has 0 spiro atoms. The maximum Gasteiger partial charge on any atom is 0.307 e. The molecule has 0 aliphatic rings. The highest BCUT2D eigenvalue weighted by atomic mass is 32.1. The Morgan fingerprint density at radius 3 is 2.68 bits per heavy atom. The van der Waals surface area contributed by atoms with E-state index in [0.717, 1.165) is 4.88 Å². The molecule has 5 nitrogen and oxygen atoms in total. The lowest BCUT2D eigenvalue weighted by molar-refractivity contribution is -0.141. The average Bonchev–Trinajstić information content (AvgIpc) is 3.08. The molecule has 1 heterocycles. The maximum atomic E-state index is 12.4. The molecule has 1 unspecified atom stereocenters. The van der Waals surface area contributed by atoms with Crippen LogP contribution in [0.1, 0.15) is 27.7 Å². The second kappa shape index (κ2) is 7.61. The summed E-state index contributed by atoms with van der Waals surface area (Å²) in [6, 6.07) is 10.2. The molecule has 0 aliphatic carbocycles. The molecule has 0 saturated heterocycles. The van der Waals surface area contributed by atoms with Crippen LogP contribution >= 0.6 is 11.3 Å². The lowest BCUT2D eigenvalue weighted by atomic mass is 10.1. The predicted octanol–water partition coefficient (Wildman–Crippen LogP) is 2.79. The third kappa shape index (κ3) is 4.08. The second-order valence-electron chi connectivity index (χ2n) is 4.55. The lowest BCUT2D eigenvalue weighted by Gasteiger charge is -2.16. The summed E-state index contributed by atoms with van der Waals surface area (Å²) in [7, 11) is 2.88. The molecule has 1 amide bonds. The van der Waals surface area contributed by atoms with Crippen LogP contribution in [-0.2, 0) is 9.53 Å². The van der Waals surface area contributed by atoms with E-state index in [1.54, 1.807) is 31.4 Å². The normalized spacial score (nSPS) is 11.5. The molecule has 0 bridgehead atoms. The van der Waals surface area contributed by atoms with Gasteiger partial charge in [0.1, 0.15) is 5.75 Å². The minimum atomic E-state index is -0.411. The summed E-state index contributed by atoms with van der Waals surface area (Å²) in [6.45, 7) is 0. The van der Waals surface area contributed by atoms with Crippen molar-refractivity contribution in [3.63, 3.8) is 0 Å². The van der Waals surface area contributed by atoms with Gasteiger partial charge in [0.25, 0.3) is 5.91 Å². The molecule has 0 radical (unpaired) electrons. The van der Waals surface area contributed by atoms with E-state index in [4.69, 9.17) is 9.47 Å². The molecule has 6 heteroatoms. The molecule has 1 N–H and O–H groups in total. The maximum absolute atomic E-state index is 12.4. The van der Waals surface area contributed by atoms with E-state index in [1.165, 1.54) is 18.4 Å². The molecular formula is C16H17NO4S. The minimum absolute atomic E-state index is 0.0900. The van der Waals surface area contributed by atoms with Gasteiger partial charge in [0.2, 0.25) is 0 Å². The molecular weight excluding hydrogens is 302 g/mol. The van der Waals surface area contributed by atoms with Crippen molar-refractivity contribution in [2.45, 2.75) is 12.5 Å². The zero-order valence-electron chi connectivity index (χ0n) is 12.4. The fourth-order valence-corrected chi connectivity index (χ4v) is 2.75. The van der Waals surface area contributed by atoms with E-state index in [1.807, 2.05) is 17.5 Å². The summed E-state index contributed by atoms with van der Waals surface area (Å²) in [5.74, 6) is -0.0289. The first-order chi connectivity index (χ1) is 10.6. The SMILES string of the molecule is COC(=O)CC(NC(=O)c1cccc(OC)c1)c1cccs1. The molecule has 2 aromatic rings. The molecule has 22 heavy (non-hydrogen) atoms. The van der Waals surface area contributed by atoms with Crippen LogP contribution in [0.15, 0.2) is 41.8 Å². The van der Waals surface area contributed by atoms with Crippen LogP contribution < -0.4 is 10.1 Å². The van der Waals surface area contributed by atoms with Gasteiger partial charge in [-0.25, -0.2) is 0 Å². The number of nitrogens with one attached hydrogen (secondary N) is 1. The Balaban J connectivity index is 2.15. The van der Waals surface area contributed by atoms with Crippen molar-refractivity contribution in [3.05, 3.63) is 52.2 Å². The molecule has 1 aromatic heterocycles. The van der Waals surface area contributed by atoms with Gasteiger partial charge < -0.3 is 14.8 Å². The van der Waals surface area contributed by atoms with Crippen LogP contribution in [0.4, 0.5) is 0 Å². The molecule has 116 valence electrons. The monoisotopic (exact) mass is 319 g/mol. The zero-order chi connectivity index (χ0) is 15.9. The van der Waals surface area contributed by atoms with Gasteiger partial charge in [-0.05, 0) is 29.6 Å². The Labute approximate surface area is 132 Å². The van der Waals surface area contributed by atoms with E-state index >= 15 is 0 Å². The zero-order valence-corrected chi connectivity index (χ0v) is 13.2. The van der Waals surface area contributed by atoms with Crippen LogP contribution in [0.25, 0.3) is 0 Å². The van der Waals surface area contributed by atoms with Crippen molar-refractivity contribution < 1.29 is 19.1 Å². The number of carbonyl (C=O) groups excluding carboxylic acids is 2. The smallest absolute Gasteiger partial charge is 0.307 e.